The topological polar surface area (TPSA) is 81.8 Å². The minimum Gasteiger partial charge on any atom is -0.492 e. The largest absolute Gasteiger partial charge is 0.492 e. The molecule has 5 aromatic rings. The van der Waals surface area contributed by atoms with Crippen molar-refractivity contribution in [3.8, 4) is 22.6 Å². The molecule has 176 valence electrons. The predicted molar refractivity (Wildman–Crippen MR) is 135 cm³/mol. The van der Waals surface area contributed by atoms with Gasteiger partial charge in [-0.3, -0.25) is 9.78 Å². The Bertz CT molecular complexity index is 1640. The Kier molecular flexibility index (Phi) is 4.74. The van der Waals surface area contributed by atoms with E-state index in [0.29, 0.717) is 23.5 Å². The Morgan fingerprint density at radius 1 is 1.09 bits per heavy atom. The normalized spacial score (nSPS) is 13.3. The van der Waals surface area contributed by atoms with Gasteiger partial charge < -0.3 is 19.0 Å². The second-order valence-electron chi connectivity index (χ2n) is 9.89. The second-order valence-corrected chi connectivity index (χ2v) is 9.89. The predicted octanol–water partition coefficient (Wildman–Crippen LogP) is 6.54. The van der Waals surface area contributed by atoms with E-state index in [1.165, 1.54) is 0 Å². The Morgan fingerprint density at radius 2 is 1.89 bits per heavy atom. The van der Waals surface area contributed by atoms with Gasteiger partial charge in [-0.2, -0.15) is 0 Å². The minimum absolute atomic E-state index is 0.162. The standard InChI is InChI=1S/C29H25NO5/c1-29(2,3)35-22-15-21-24-16(9-12-33-21)8-11-30-27(24)26(22)25-17-6-4-5-7-18(17)28-19(10-13-34-28)20(25)14-23(31)32/h4-8,10-11,13,15H,9,12,14H2,1-3H3,(H,31,32). The van der Waals surface area contributed by atoms with Crippen LogP contribution < -0.4 is 9.47 Å². The van der Waals surface area contributed by atoms with E-state index in [9.17, 15) is 9.90 Å². The average molecular weight is 468 g/mol. The van der Waals surface area contributed by atoms with Crippen LogP contribution in [0.1, 0.15) is 31.9 Å². The molecule has 0 spiro atoms. The van der Waals surface area contributed by atoms with Gasteiger partial charge in [-0.05, 0) is 49.4 Å². The number of aromatic nitrogens is 1. The van der Waals surface area contributed by atoms with Crippen LogP contribution in [0.15, 0.2) is 59.3 Å². The van der Waals surface area contributed by atoms with Crippen molar-refractivity contribution < 1.29 is 23.8 Å². The molecule has 0 saturated heterocycles. The number of carboxylic acid groups (broad SMARTS) is 1. The molecule has 1 aliphatic rings. The molecule has 0 aliphatic carbocycles. The molecule has 35 heavy (non-hydrogen) atoms. The van der Waals surface area contributed by atoms with Crippen molar-refractivity contribution in [1.29, 1.82) is 0 Å². The zero-order valence-corrected chi connectivity index (χ0v) is 19.8. The molecule has 6 nitrogen and oxygen atoms in total. The summed E-state index contributed by atoms with van der Waals surface area (Å²) in [5.41, 5.74) is 4.35. The Hall–Kier alpha value is -4.06. The summed E-state index contributed by atoms with van der Waals surface area (Å²) in [6.07, 6.45) is 4.05. The van der Waals surface area contributed by atoms with Gasteiger partial charge in [0.2, 0.25) is 0 Å². The van der Waals surface area contributed by atoms with Crippen molar-refractivity contribution in [2.45, 2.75) is 39.2 Å². The third-order valence-corrected chi connectivity index (χ3v) is 6.39. The minimum atomic E-state index is -0.915. The maximum atomic E-state index is 12.1. The first kappa shape index (κ1) is 21.5. The van der Waals surface area contributed by atoms with Crippen molar-refractivity contribution in [1.82, 2.24) is 4.98 Å². The van der Waals surface area contributed by atoms with Crippen LogP contribution in [0.25, 0.3) is 43.8 Å². The molecule has 1 N–H and O–H groups in total. The summed E-state index contributed by atoms with van der Waals surface area (Å²) in [6.45, 7) is 6.57. The molecule has 0 fully saturated rings. The van der Waals surface area contributed by atoms with E-state index in [2.05, 4.69) is 0 Å². The van der Waals surface area contributed by atoms with Crippen LogP contribution in [0.2, 0.25) is 0 Å². The SMILES string of the molecule is CC(C)(C)Oc1cc2c3c(ccnc3c1-c1c(CC(=O)O)c3ccoc3c3ccccc13)CCO2. The number of carboxylic acids is 1. The highest BCUT2D eigenvalue weighted by atomic mass is 16.5. The summed E-state index contributed by atoms with van der Waals surface area (Å²) in [7, 11) is 0. The number of pyridine rings is 1. The van der Waals surface area contributed by atoms with Crippen molar-refractivity contribution in [3.63, 3.8) is 0 Å². The third kappa shape index (κ3) is 3.48. The molecule has 0 saturated carbocycles. The van der Waals surface area contributed by atoms with Crippen LogP contribution in [0.5, 0.6) is 11.5 Å². The zero-order chi connectivity index (χ0) is 24.3. The lowest BCUT2D eigenvalue weighted by Crippen LogP contribution is -2.24. The van der Waals surface area contributed by atoms with Gasteiger partial charge in [0, 0.05) is 40.4 Å². The van der Waals surface area contributed by atoms with E-state index in [1.807, 2.05) is 69.4 Å². The summed E-state index contributed by atoms with van der Waals surface area (Å²) in [5, 5.41) is 13.4. The van der Waals surface area contributed by atoms with Gasteiger partial charge in [0.05, 0.1) is 30.4 Å². The molecule has 6 rings (SSSR count). The Balaban J connectivity index is 1.84. The molecule has 3 aromatic carbocycles. The van der Waals surface area contributed by atoms with Crippen LogP contribution in [0.3, 0.4) is 0 Å². The van der Waals surface area contributed by atoms with Gasteiger partial charge in [0.1, 0.15) is 22.7 Å². The van der Waals surface area contributed by atoms with E-state index in [1.54, 1.807) is 6.26 Å². The number of nitrogens with zero attached hydrogens (tertiary/aromatic N) is 1. The lowest BCUT2D eigenvalue weighted by Gasteiger charge is -2.28. The quantitative estimate of drug-likeness (QED) is 0.323. The Labute approximate surface area is 202 Å². The molecule has 0 radical (unpaired) electrons. The lowest BCUT2D eigenvalue weighted by atomic mass is 9.86. The van der Waals surface area contributed by atoms with Crippen LogP contribution in [-0.4, -0.2) is 28.3 Å². The summed E-state index contributed by atoms with van der Waals surface area (Å²) in [4.78, 5) is 16.9. The molecule has 0 atom stereocenters. The monoisotopic (exact) mass is 467 g/mol. The highest BCUT2D eigenvalue weighted by Gasteiger charge is 2.29. The van der Waals surface area contributed by atoms with Gasteiger partial charge in [-0.25, -0.2) is 0 Å². The molecule has 6 heteroatoms. The van der Waals surface area contributed by atoms with Crippen LogP contribution in [0.4, 0.5) is 0 Å². The van der Waals surface area contributed by atoms with Crippen molar-refractivity contribution in [3.05, 3.63) is 66.1 Å². The van der Waals surface area contributed by atoms with Crippen LogP contribution >= 0.6 is 0 Å². The first-order valence-electron chi connectivity index (χ1n) is 11.7. The van der Waals surface area contributed by atoms with Gasteiger partial charge in [-0.1, -0.05) is 24.3 Å². The first-order chi connectivity index (χ1) is 16.8. The smallest absolute Gasteiger partial charge is 0.307 e. The highest BCUT2D eigenvalue weighted by Crippen LogP contribution is 2.49. The number of furan rings is 1. The number of aliphatic carboxylic acids is 1. The number of hydrogen-bond acceptors (Lipinski definition) is 5. The Morgan fingerprint density at radius 3 is 2.66 bits per heavy atom. The number of fused-ring (bicyclic) bond motifs is 3. The lowest BCUT2D eigenvalue weighted by molar-refractivity contribution is -0.136. The number of ether oxygens (including phenoxy) is 2. The fourth-order valence-corrected chi connectivity index (χ4v) is 5.16. The summed E-state index contributed by atoms with van der Waals surface area (Å²) in [5.74, 6) is 0.443. The number of carbonyl (C=O) groups is 1. The van der Waals surface area contributed by atoms with E-state index >= 15 is 0 Å². The van der Waals surface area contributed by atoms with Crippen molar-refractivity contribution in [2.75, 3.05) is 6.61 Å². The molecule has 0 amide bonds. The molecule has 0 bridgehead atoms. The van der Waals surface area contributed by atoms with Gasteiger partial charge >= 0.3 is 5.97 Å². The summed E-state index contributed by atoms with van der Waals surface area (Å²) in [6, 6.07) is 13.7. The van der Waals surface area contributed by atoms with E-state index < -0.39 is 11.6 Å². The fraction of sp³-hybridized carbons (Fsp3) is 0.241. The molecule has 0 unspecified atom stereocenters. The molecule has 1 aliphatic heterocycles. The molecule has 3 heterocycles. The van der Waals surface area contributed by atoms with E-state index in [0.717, 1.165) is 55.9 Å². The number of hydrogen-bond donors (Lipinski definition) is 1. The number of benzene rings is 3. The van der Waals surface area contributed by atoms with Crippen LogP contribution in [-0.2, 0) is 17.6 Å². The number of rotatable bonds is 4. The van der Waals surface area contributed by atoms with Crippen molar-refractivity contribution >= 4 is 38.6 Å². The summed E-state index contributed by atoms with van der Waals surface area (Å²) < 4.78 is 18.4. The maximum absolute atomic E-state index is 12.1. The molecular weight excluding hydrogens is 442 g/mol. The highest BCUT2D eigenvalue weighted by molar-refractivity contribution is 6.18. The van der Waals surface area contributed by atoms with Crippen molar-refractivity contribution in [2.24, 2.45) is 0 Å². The van der Waals surface area contributed by atoms with Gasteiger partial charge in [0.15, 0.2) is 0 Å². The zero-order valence-electron chi connectivity index (χ0n) is 19.8. The first-order valence-corrected chi connectivity index (χ1v) is 11.7. The van der Waals surface area contributed by atoms with E-state index in [4.69, 9.17) is 18.9 Å². The average Bonchev–Trinajstić information content (AvgIpc) is 3.30. The third-order valence-electron chi connectivity index (χ3n) is 6.39. The fourth-order valence-electron chi connectivity index (χ4n) is 5.16. The maximum Gasteiger partial charge on any atom is 0.307 e. The van der Waals surface area contributed by atoms with E-state index in [-0.39, 0.29) is 6.42 Å². The molecular formula is C29H25NO5. The van der Waals surface area contributed by atoms with Gasteiger partial charge in [0.25, 0.3) is 0 Å². The summed E-state index contributed by atoms with van der Waals surface area (Å²) >= 11 is 0. The molecule has 2 aromatic heterocycles. The van der Waals surface area contributed by atoms with Crippen LogP contribution in [0, 0.1) is 0 Å². The van der Waals surface area contributed by atoms with Gasteiger partial charge in [-0.15, -0.1) is 0 Å². The second kappa shape index (κ2) is 7.73.